The first-order chi connectivity index (χ1) is 21.5. The molecule has 9 heteroatoms. The molecule has 0 heterocycles. The van der Waals surface area contributed by atoms with Gasteiger partial charge in [-0.1, -0.05) is 61.7 Å². The Kier molecular flexibility index (Phi) is 10.9. The van der Waals surface area contributed by atoms with E-state index in [0.29, 0.717) is 22.6 Å². The maximum Gasteiger partial charge on any atom is 0.333 e. The van der Waals surface area contributed by atoms with E-state index in [1.807, 2.05) is 24.3 Å². The molecule has 0 saturated carbocycles. The zero-order valence-electron chi connectivity index (χ0n) is 25.2. The van der Waals surface area contributed by atoms with E-state index in [0.717, 1.165) is 22.3 Å². The molecule has 0 N–H and O–H groups in total. The first-order valence-corrected chi connectivity index (χ1v) is 15.6. The molecule has 0 aromatic heterocycles. The SMILES string of the molecule is C=C(C)C(=O)OCCOc1ccc(-c2ccc(S(=O)(=O)c3ccc(-c4ccc(OCCOC(=O)C(=C)C)cc4)cc3)cc2)cc1. The Labute approximate surface area is 263 Å². The lowest BCUT2D eigenvalue weighted by Crippen LogP contribution is -2.12. The Morgan fingerprint density at radius 3 is 1.09 bits per heavy atom. The van der Waals surface area contributed by atoms with Crippen LogP contribution in [0.1, 0.15) is 13.8 Å². The number of sulfone groups is 1. The number of ether oxygens (including phenoxy) is 4. The molecule has 4 aromatic carbocycles. The van der Waals surface area contributed by atoms with Crippen LogP contribution in [0.15, 0.2) is 131 Å². The first kappa shape index (κ1) is 32.8. The second kappa shape index (κ2) is 15.0. The van der Waals surface area contributed by atoms with E-state index in [1.54, 1.807) is 86.6 Å². The quantitative estimate of drug-likeness (QED) is 0.0850. The summed E-state index contributed by atoms with van der Waals surface area (Å²) >= 11 is 0. The van der Waals surface area contributed by atoms with Gasteiger partial charge in [0.1, 0.15) is 37.9 Å². The molecule has 0 saturated heterocycles. The Balaban J connectivity index is 1.33. The summed E-state index contributed by atoms with van der Waals surface area (Å²) in [4.78, 5) is 23.2. The van der Waals surface area contributed by atoms with Gasteiger partial charge in [0.2, 0.25) is 9.84 Å². The summed E-state index contributed by atoms with van der Waals surface area (Å²) in [7, 11) is -3.72. The number of esters is 2. The van der Waals surface area contributed by atoms with Crippen LogP contribution in [-0.4, -0.2) is 46.8 Å². The predicted molar refractivity (Wildman–Crippen MR) is 172 cm³/mol. The van der Waals surface area contributed by atoms with Crippen molar-refractivity contribution in [2.24, 2.45) is 0 Å². The fourth-order valence-corrected chi connectivity index (χ4v) is 5.37. The monoisotopic (exact) mass is 626 g/mol. The van der Waals surface area contributed by atoms with Crippen LogP contribution in [0, 0.1) is 0 Å². The van der Waals surface area contributed by atoms with Crippen molar-refractivity contribution in [3.63, 3.8) is 0 Å². The lowest BCUT2D eigenvalue weighted by molar-refractivity contribution is -0.140. The summed E-state index contributed by atoms with van der Waals surface area (Å²) < 4.78 is 47.9. The van der Waals surface area contributed by atoms with Gasteiger partial charge < -0.3 is 18.9 Å². The molecule has 0 aliphatic heterocycles. The highest BCUT2D eigenvalue weighted by Gasteiger charge is 2.18. The molecule has 0 fully saturated rings. The summed E-state index contributed by atoms with van der Waals surface area (Å²) in [5, 5.41) is 0. The lowest BCUT2D eigenvalue weighted by atomic mass is 10.1. The van der Waals surface area contributed by atoms with Crippen molar-refractivity contribution in [3.8, 4) is 33.8 Å². The standard InChI is InChI=1S/C36H34O8S/c1-25(2)35(37)43-23-21-41-31-13-5-27(6-14-31)29-9-17-33(18-10-29)45(39,40)34-19-11-30(12-20-34)28-7-15-32(16-8-28)42-22-24-44-36(38)26(3)4/h5-20H,1,3,21-24H2,2,4H3. The molecule has 0 aliphatic carbocycles. The molecular formula is C36H34O8S. The Morgan fingerprint density at radius 1 is 0.511 bits per heavy atom. The smallest absolute Gasteiger partial charge is 0.333 e. The van der Waals surface area contributed by atoms with Gasteiger partial charge in [-0.3, -0.25) is 0 Å². The largest absolute Gasteiger partial charge is 0.490 e. The molecular weight excluding hydrogens is 592 g/mol. The molecule has 0 bridgehead atoms. The van der Waals surface area contributed by atoms with Gasteiger partial charge in [0.15, 0.2) is 0 Å². The molecule has 4 rings (SSSR count). The number of carbonyl (C=O) groups excluding carboxylic acids is 2. The van der Waals surface area contributed by atoms with Crippen LogP contribution >= 0.6 is 0 Å². The summed E-state index contributed by atoms with van der Waals surface area (Å²) in [6.07, 6.45) is 0. The van der Waals surface area contributed by atoms with E-state index in [2.05, 4.69) is 13.2 Å². The van der Waals surface area contributed by atoms with Gasteiger partial charge in [0, 0.05) is 11.1 Å². The Hall–Kier alpha value is -5.15. The van der Waals surface area contributed by atoms with E-state index in [1.165, 1.54) is 0 Å². The highest BCUT2D eigenvalue weighted by Crippen LogP contribution is 2.29. The number of carbonyl (C=O) groups is 2. The van der Waals surface area contributed by atoms with Gasteiger partial charge in [-0.15, -0.1) is 0 Å². The fourth-order valence-electron chi connectivity index (χ4n) is 4.11. The number of benzene rings is 4. The Bertz CT molecular complexity index is 1630. The lowest BCUT2D eigenvalue weighted by Gasteiger charge is -2.10. The third kappa shape index (κ3) is 8.93. The van der Waals surface area contributed by atoms with Crippen molar-refractivity contribution in [1.82, 2.24) is 0 Å². The topological polar surface area (TPSA) is 105 Å². The molecule has 0 spiro atoms. The van der Waals surface area contributed by atoms with Crippen LogP contribution in [-0.2, 0) is 28.9 Å². The number of hydrogen-bond acceptors (Lipinski definition) is 8. The zero-order valence-corrected chi connectivity index (χ0v) is 26.0. The summed E-state index contributed by atoms with van der Waals surface area (Å²) in [6, 6.07) is 28.1. The minimum atomic E-state index is -3.72. The third-order valence-electron chi connectivity index (χ3n) is 6.57. The van der Waals surface area contributed by atoms with Crippen molar-refractivity contribution in [2.45, 2.75) is 23.6 Å². The van der Waals surface area contributed by atoms with Gasteiger partial charge >= 0.3 is 11.9 Å². The fraction of sp³-hybridized carbons (Fsp3) is 0.167. The second-order valence-electron chi connectivity index (χ2n) is 10.1. The predicted octanol–water partition coefficient (Wildman–Crippen LogP) is 6.85. The normalized spacial score (nSPS) is 10.9. The van der Waals surface area contributed by atoms with Crippen molar-refractivity contribution >= 4 is 21.8 Å². The number of hydrogen-bond donors (Lipinski definition) is 0. The molecule has 0 radical (unpaired) electrons. The average Bonchev–Trinajstić information content (AvgIpc) is 3.05. The summed E-state index contributed by atoms with van der Waals surface area (Å²) in [5.41, 5.74) is 4.16. The average molecular weight is 627 g/mol. The van der Waals surface area contributed by atoms with Crippen molar-refractivity contribution < 1.29 is 37.0 Å². The van der Waals surface area contributed by atoms with Crippen LogP contribution in [0.5, 0.6) is 11.5 Å². The molecule has 45 heavy (non-hydrogen) atoms. The Morgan fingerprint density at radius 2 is 0.800 bits per heavy atom. The van der Waals surface area contributed by atoms with E-state index in [-0.39, 0.29) is 36.2 Å². The van der Waals surface area contributed by atoms with Crippen LogP contribution < -0.4 is 9.47 Å². The van der Waals surface area contributed by atoms with Gasteiger partial charge in [0.05, 0.1) is 9.79 Å². The van der Waals surface area contributed by atoms with Gasteiger partial charge in [-0.05, 0) is 84.6 Å². The minimum absolute atomic E-state index is 0.119. The van der Waals surface area contributed by atoms with Crippen LogP contribution in [0.25, 0.3) is 22.3 Å². The first-order valence-electron chi connectivity index (χ1n) is 14.1. The third-order valence-corrected chi connectivity index (χ3v) is 8.36. The summed E-state index contributed by atoms with van der Waals surface area (Å²) in [6.45, 7) is 10.9. The minimum Gasteiger partial charge on any atom is -0.490 e. The molecule has 0 amide bonds. The van der Waals surface area contributed by atoms with Crippen LogP contribution in [0.2, 0.25) is 0 Å². The van der Waals surface area contributed by atoms with Crippen molar-refractivity contribution in [2.75, 3.05) is 26.4 Å². The van der Waals surface area contributed by atoms with Crippen molar-refractivity contribution in [3.05, 3.63) is 121 Å². The van der Waals surface area contributed by atoms with E-state index in [9.17, 15) is 18.0 Å². The second-order valence-corrected chi connectivity index (χ2v) is 12.1. The van der Waals surface area contributed by atoms with Gasteiger partial charge in [-0.2, -0.15) is 0 Å². The maximum atomic E-state index is 13.3. The van der Waals surface area contributed by atoms with E-state index in [4.69, 9.17) is 18.9 Å². The van der Waals surface area contributed by atoms with Crippen LogP contribution in [0.3, 0.4) is 0 Å². The van der Waals surface area contributed by atoms with Crippen molar-refractivity contribution in [1.29, 1.82) is 0 Å². The van der Waals surface area contributed by atoms with Crippen LogP contribution in [0.4, 0.5) is 0 Å². The van der Waals surface area contributed by atoms with Gasteiger partial charge in [-0.25, -0.2) is 18.0 Å². The molecule has 232 valence electrons. The molecule has 0 atom stereocenters. The highest BCUT2D eigenvalue weighted by atomic mass is 32.2. The maximum absolute atomic E-state index is 13.3. The molecule has 8 nitrogen and oxygen atoms in total. The van der Waals surface area contributed by atoms with E-state index < -0.39 is 21.8 Å². The molecule has 4 aromatic rings. The molecule has 0 unspecified atom stereocenters. The highest BCUT2D eigenvalue weighted by molar-refractivity contribution is 7.91. The molecule has 0 aliphatic rings. The number of rotatable bonds is 14. The van der Waals surface area contributed by atoms with E-state index >= 15 is 0 Å². The zero-order chi connectivity index (χ0) is 32.4. The van der Waals surface area contributed by atoms with Gasteiger partial charge in [0.25, 0.3) is 0 Å². The summed E-state index contributed by atoms with van der Waals surface area (Å²) in [5.74, 6) is 0.333.